The maximum atomic E-state index is 12.9. The zero-order valence-electron chi connectivity index (χ0n) is 14.6. The summed E-state index contributed by atoms with van der Waals surface area (Å²) in [5.41, 5.74) is 2.83. The molecule has 2 amide bonds. The van der Waals surface area contributed by atoms with Crippen molar-refractivity contribution >= 4 is 29.1 Å². The van der Waals surface area contributed by atoms with Gasteiger partial charge in [-0.15, -0.1) is 0 Å². The van der Waals surface area contributed by atoms with E-state index in [9.17, 15) is 9.59 Å². The average Bonchev–Trinajstić information content (AvgIpc) is 3.34. The van der Waals surface area contributed by atoms with Crippen molar-refractivity contribution in [3.8, 4) is 0 Å². The van der Waals surface area contributed by atoms with E-state index in [0.717, 1.165) is 43.4 Å². The van der Waals surface area contributed by atoms with Gasteiger partial charge in [0.05, 0.1) is 5.69 Å². The highest BCUT2D eigenvalue weighted by molar-refractivity contribution is 6.31. The summed E-state index contributed by atoms with van der Waals surface area (Å²) in [5.74, 6) is -0.194. The molecule has 1 aliphatic heterocycles. The molecule has 7 heteroatoms. The van der Waals surface area contributed by atoms with E-state index >= 15 is 0 Å². The van der Waals surface area contributed by atoms with Crippen molar-refractivity contribution in [1.82, 2.24) is 14.9 Å². The summed E-state index contributed by atoms with van der Waals surface area (Å²) in [6, 6.07) is 5.61. The molecular formula is C19H21ClN4O2. The van der Waals surface area contributed by atoms with Crippen LogP contribution in [0.5, 0.6) is 0 Å². The first-order chi connectivity index (χ1) is 12.5. The summed E-state index contributed by atoms with van der Waals surface area (Å²) < 4.78 is 1.89. The second-order valence-electron chi connectivity index (χ2n) is 7.00. The van der Waals surface area contributed by atoms with E-state index in [1.165, 1.54) is 0 Å². The highest BCUT2D eigenvalue weighted by Crippen LogP contribution is 2.25. The Balaban J connectivity index is 1.64. The molecule has 4 rings (SSSR count). The fourth-order valence-corrected chi connectivity index (χ4v) is 3.46. The van der Waals surface area contributed by atoms with Crippen LogP contribution in [0, 0.1) is 6.92 Å². The number of imidazole rings is 1. The molecule has 1 aromatic carbocycles. The maximum absolute atomic E-state index is 12.9. The first-order valence-corrected chi connectivity index (χ1v) is 9.38. The van der Waals surface area contributed by atoms with Crippen LogP contribution in [0.15, 0.2) is 18.2 Å². The van der Waals surface area contributed by atoms with E-state index in [2.05, 4.69) is 15.6 Å². The van der Waals surface area contributed by atoms with Crippen LogP contribution in [0.25, 0.3) is 0 Å². The number of fused-ring (bicyclic) bond motifs is 1. The normalized spacial score (nSPS) is 16.1. The number of carbonyl (C=O) groups excluding carboxylic acids is 2. The first kappa shape index (κ1) is 17.1. The molecule has 1 aliphatic carbocycles. The molecule has 1 saturated carbocycles. The third-order valence-electron chi connectivity index (χ3n) is 4.90. The Morgan fingerprint density at radius 1 is 1.23 bits per heavy atom. The number of amides is 2. The molecule has 2 aliphatic rings. The number of nitrogens with one attached hydrogen (secondary N) is 2. The number of halogens is 1. The molecule has 2 heterocycles. The van der Waals surface area contributed by atoms with Crippen molar-refractivity contribution in [2.24, 2.45) is 0 Å². The first-order valence-electron chi connectivity index (χ1n) is 9.00. The van der Waals surface area contributed by atoms with Gasteiger partial charge in [-0.25, -0.2) is 4.98 Å². The Bertz CT molecular complexity index is 886. The van der Waals surface area contributed by atoms with Gasteiger partial charge in [-0.1, -0.05) is 17.7 Å². The van der Waals surface area contributed by atoms with Crippen LogP contribution >= 0.6 is 11.6 Å². The largest absolute Gasteiger partial charge is 0.348 e. The fraction of sp³-hybridized carbons (Fsp3) is 0.421. The van der Waals surface area contributed by atoms with E-state index in [0.29, 0.717) is 28.8 Å². The van der Waals surface area contributed by atoms with E-state index in [1.807, 2.05) is 17.6 Å². The summed E-state index contributed by atoms with van der Waals surface area (Å²) in [7, 11) is 0. The molecule has 1 aromatic heterocycles. The van der Waals surface area contributed by atoms with Gasteiger partial charge in [0.15, 0.2) is 5.82 Å². The molecule has 0 bridgehead atoms. The number of aromatic nitrogens is 2. The quantitative estimate of drug-likeness (QED) is 0.864. The van der Waals surface area contributed by atoms with Crippen molar-refractivity contribution in [3.63, 3.8) is 0 Å². The van der Waals surface area contributed by atoms with Gasteiger partial charge in [0.1, 0.15) is 5.69 Å². The third-order valence-corrected chi connectivity index (χ3v) is 5.13. The lowest BCUT2D eigenvalue weighted by atomic mass is 10.1. The number of hydrogen-bond donors (Lipinski definition) is 2. The Hall–Kier alpha value is -2.34. The lowest BCUT2D eigenvalue weighted by Crippen LogP contribution is -2.27. The molecule has 2 N–H and O–H groups in total. The summed E-state index contributed by atoms with van der Waals surface area (Å²) in [4.78, 5) is 29.8. The van der Waals surface area contributed by atoms with Crippen LogP contribution in [0.2, 0.25) is 5.02 Å². The Morgan fingerprint density at radius 2 is 2.04 bits per heavy atom. The van der Waals surface area contributed by atoms with Crippen LogP contribution in [-0.4, -0.2) is 27.4 Å². The van der Waals surface area contributed by atoms with Crippen LogP contribution in [0.4, 0.5) is 5.69 Å². The van der Waals surface area contributed by atoms with Gasteiger partial charge in [-0.3, -0.25) is 9.59 Å². The number of aryl methyl sites for hydroxylation is 1. The summed E-state index contributed by atoms with van der Waals surface area (Å²) in [6.07, 6.45) is 4.78. The van der Waals surface area contributed by atoms with Gasteiger partial charge < -0.3 is 15.2 Å². The minimum atomic E-state index is -0.316. The summed E-state index contributed by atoms with van der Waals surface area (Å²) >= 11 is 6.04. The van der Waals surface area contributed by atoms with Crippen molar-refractivity contribution < 1.29 is 9.59 Å². The third kappa shape index (κ3) is 3.33. The van der Waals surface area contributed by atoms with Crippen molar-refractivity contribution in [2.75, 3.05) is 5.32 Å². The standard InChI is InChI=1S/C19H21ClN4O2/c1-11-5-6-12(20)10-14(11)22-19(26)17-23-16(18(25)21-13-7-8-13)15-4-2-3-9-24(15)17/h5-6,10,13H,2-4,7-9H2,1H3,(H,21,25)(H,22,26). The molecule has 0 atom stereocenters. The van der Waals surface area contributed by atoms with Crippen molar-refractivity contribution in [3.05, 3.63) is 46.0 Å². The predicted octanol–water partition coefficient (Wildman–Crippen LogP) is 3.33. The van der Waals surface area contributed by atoms with Gasteiger partial charge in [0.2, 0.25) is 0 Å². The van der Waals surface area contributed by atoms with Crippen LogP contribution in [-0.2, 0) is 13.0 Å². The summed E-state index contributed by atoms with van der Waals surface area (Å²) in [5, 5.41) is 6.42. The topological polar surface area (TPSA) is 76.0 Å². The second kappa shape index (κ2) is 6.76. The Labute approximate surface area is 156 Å². The maximum Gasteiger partial charge on any atom is 0.291 e. The molecule has 0 spiro atoms. The smallest absolute Gasteiger partial charge is 0.291 e. The zero-order valence-corrected chi connectivity index (χ0v) is 15.4. The molecular weight excluding hydrogens is 352 g/mol. The molecule has 0 radical (unpaired) electrons. The molecule has 136 valence electrons. The molecule has 2 aromatic rings. The molecule has 1 fully saturated rings. The van der Waals surface area contributed by atoms with E-state index in [-0.39, 0.29) is 17.9 Å². The number of carbonyl (C=O) groups is 2. The number of benzene rings is 1. The Kier molecular flexibility index (Phi) is 4.44. The van der Waals surface area contributed by atoms with Gasteiger partial charge >= 0.3 is 0 Å². The predicted molar refractivity (Wildman–Crippen MR) is 99.8 cm³/mol. The minimum Gasteiger partial charge on any atom is -0.348 e. The number of hydrogen-bond acceptors (Lipinski definition) is 3. The molecule has 0 saturated heterocycles. The lowest BCUT2D eigenvalue weighted by molar-refractivity contribution is 0.0945. The van der Waals surface area contributed by atoms with E-state index in [1.54, 1.807) is 12.1 Å². The van der Waals surface area contributed by atoms with Crippen molar-refractivity contribution in [2.45, 2.75) is 51.6 Å². The average molecular weight is 373 g/mol. The van der Waals surface area contributed by atoms with Gasteiger partial charge in [0, 0.05) is 23.3 Å². The zero-order chi connectivity index (χ0) is 18.3. The van der Waals surface area contributed by atoms with E-state index in [4.69, 9.17) is 11.6 Å². The van der Waals surface area contributed by atoms with Crippen LogP contribution in [0.3, 0.4) is 0 Å². The van der Waals surface area contributed by atoms with Gasteiger partial charge in [-0.05, 0) is 56.7 Å². The number of nitrogens with zero attached hydrogens (tertiary/aromatic N) is 2. The highest BCUT2D eigenvalue weighted by atomic mass is 35.5. The Morgan fingerprint density at radius 3 is 2.81 bits per heavy atom. The van der Waals surface area contributed by atoms with Crippen LogP contribution < -0.4 is 10.6 Å². The summed E-state index contributed by atoms with van der Waals surface area (Å²) in [6.45, 7) is 2.61. The van der Waals surface area contributed by atoms with Crippen molar-refractivity contribution in [1.29, 1.82) is 0 Å². The number of anilines is 1. The molecule has 6 nitrogen and oxygen atoms in total. The monoisotopic (exact) mass is 372 g/mol. The second-order valence-corrected chi connectivity index (χ2v) is 7.44. The van der Waals surface area contributed by atoms with Crippen LogP contribution in [0.1, 0.15) is 58.0 Å². The highest BCUT2D eigenvalue weighted by Gasteiger charge is 2.30. The van der Waals surface area contributed by atoms with Gasteiger partial charge in [0.25, 0.3) is 11.8 Å². The number of rotatable bonds is 4. The minimum absolute atomic E-state index is 0.170. The van der Waals surface area contributed by atoms with E-state index < -0.39 is 0 Å². The SMILES string of the molecule is Cc1ccc(Cl)cc1NC(=O)c1nc(C(=O)NC2CC2)c2n1CCCC2. The fourth-order valence-electron chi connectivity index (χ4n) is 3.29. The van der Waals surface area contributed by atoms with Gasteiger partial charge in [-0.2, -0.15) is 0 Å². The molecule has 26 heavy (non-hydrogen) atoms. The molecule has 0 unspecified atom stereocenters. The lowest BCUT2D eigenvalue weighted by Gasteiger charge is -2.17.